The van der Waals surface area contributed by atoms with E-state index < -0.39 is 18.6 Å². The Hall–Kier alpha value is -1.53. The van der Waals surface area contributed by atoms with E-state index >= 15 is 0 Å². The summed E-state index contributed by atoms with van der Waals surface area (Å²) in [5.74, 6) is 0.763. The smallest absolute Gasteiger partial charge is 0.345 e. The molecule has 0 aliphatic heterocycles. The second kappa shape index (κ2) is 7.15. The molecule has 4 nitrogen and oxygen atoms in total. The first-order chi connectivity index (χ1) is 10.4. The van der Waals surface area contributed by atoms with Gasteiger partial charge in [0.15, 0.2) is 0 Å². The Bertz CT molecular complexity index is 620. The van der Waals surface area contributed by atoms with Crippen molar-refractivity contribution in [2.75, 3.05) is 20.3 Å². The van der Waals surface area contributed by atoms with Gasteiger partial charge in [-0.15, -0.1) is 0 Å². The number of aromatic amines is 1. The average Bonchev–Trinajstić information content (AvgIpc) is 2.87. The summed E-state index contributed by atoms with van der Waals surface area (Å²) in [5.41, 5.74) is 2.04. The Morgan fingerprint density at radius 2 is 2.14 bits per heavy atom. The number of rotatable bonds is 8. The van der Waals surface area contributed by atoms with Gasteiger partial charge in [0.25, 0.3) is 0 Å². The van der Waals surface area contributed by atoms with E-state index in [-0.39, 0.29) is 0 Å². The topological polar surface area (TPSA) is 46.3 Å². The maximum absolute atomic E-state index is 12.0. The molecule has 0 spiro atoms. The highest BCUT2D eigenvalue weighted by Crippen LogP contribution is 2.23. The highest BCUT2D eigenvalue weighted by molar-refractivity contribution is 6.40. The number of aromatic nitrogens is 1. The number of H-pyrrole nitrogens is 1. The fourth-order valence-corrected chi connectivity index (χ4v) is 2.17. The molecule has 1 aromatic carbocycles. The molecule has 4 radical (unpaired) electrons. The Kier molecular flexibility index (Phi) is 5.47. The molecule has 0 bridgehead atoms. The van der Waals surface area contributed by atoms with Crippen molar-refractivity contribution in [2.24, 2.45) is 0 Å². The normalized spacial score (nSPS) is 12.2. The predicted octanol–water partition coefficient (Wildman–Crippen LogP) is 1.54. The molecule has 0 aliphatic carbocycles. The molecule has 0 atom stereocenters. The molecular weight excluding hydrogens is 288 g/mol. The number of alkyl halides is 2. The van der Waals surface area contributed by atoms with E-state index in [1.807, 2.05) is 24.4 Å². The van der Waals surface area contributed by atoms with E-state index in [1.165, 1.54) is 0 Å². The average molecular weight is 304 g/mol. The lowest BCUT2D eigenvalue weighted by Gasteiger charge is -2.27. The van der Waals surface area contributed by atoms with Gasteiger partial charge in [-0.3, -0.25) is 0 Å². The summed E-state index contributed by atoms with van der Waals surface area (Å²) in [7, 11) is 12.9. The van der Waals surface area contributed by atoms with Gasteiger partial charge < -0.3 is 19.8 Å². The number of ether oxygens (including phenoxy) is 2. The molecule has 22 heavy (non-hydrogen) atoms. The number of benzene rings is 1. The SMILES string of the molecule is [B]C([B])(COC(F)F)NCCc1c[nH]c2ccc(OC)cc12. The molecule has 114 valence electrons. The Labute approximate surface area is 130 Å². The molecule has 0 unspecified atom stereocenters. The molecule has 0 fully saturated rings. The zero-order chi connectivity index (χ0) is 16.2. The van der Waals surface area contributed by atoms with Gasteiger partial charge in [-0.05, 0) is 42.1 Å². The quantitative estimate of drug-likeness (QED) is 0.727. The number of hydrogen-bond acceptors (Lipinski definition) is 3. The van der Waals surface area contributed by atoms with E-state index in [0.29, 0.717) is 13.0 Å². The van der Waals surface area contributed by atoms with Gasteiger partial charge in [0, 0.05) is 17.1 Å². The van der Waals surface area contributed by atoms with Gasteiger partial charge in [-0.25, -0.2) is 0 Å². The summed E-state index contributed by atoms with van der Waals surface area (Å²) < 4.78 is 33.3. The van der Waals surface area contributed by atoms with Crippen LogP contribution in [-0.4, -0.2) is 52.9 Å². The number of fused-ring (bicyclic) bond motifs is 1. The third-order valence-corrected chi connectivity index (χ3v) is 3.27. The van der Waals surface area contributed by atoms with E-state index in [9.17, 15) is 8.78 Å². The van der Waals surface area contributed by atoms with Gasteiger partial charge in [-0.2, -0.15) is 8.78 Å². The third kappa shape index (κ3) is 4.48. The largest absolute Gasteiger partial charge is 0.497 e. The van der Waals surface area contributed by atoms with Crippen LogP contribution in [0.3, 0.4) is 0 Å². The fraction of sp³-hybridized carbons (Fsp3) is 0.429. The first kappa shape index (κ1) is 16.8. The standard InChI is InChI=1S/C14H16B2F2N2O2/c1-21-10-2-3-12-11(6-10)9(7-19-12)4-5-20-14(15,16)8-22-13(17)18/h2-3,6-7,13,19-20H,4-5,8H2,1H3. The van der Waals surface area contributed by atoms with Crippen molar-refractivity contribution in [1.82, 2.24) is 10.3 Å². The van der Waals surface area contributed by atoms with Crippen molar-refractivity contribution >= 4 is 26.6 Å². The molecular formula is C14H16B2F2N2O2. The van der Waals surface area contributed by atoms with Crippen LogP contribution in [-0.2, 0) is 11.2 Å². The maximum Gasteiger partial charge on any atom is 0.345 e. The van der Waals surface area contributed by atoms with E-state index in [2.05, 4.69) is 15.0 Å². The molecule has 0 aliphatic rings. The summed E-state index contributed by atoms with van der Waals surface area (Å²) in [6.07, 6.45) is 2.51. The van der Waals surface area contributed by atoms with Crippen LogP contribution in [0.2, 0.25) is 0 Å². The first-order valence-corrected chi connectivity index (χ1v) is 6.78. The van der Waals surface area contributed by atoms with Crippen LogP contribution < -0.4 is 10.1 Å². The van der Waals surface area contributed by atoms with E-state index in [0.717, 1.165) is 22.2 Å². The second-order valence-corrected chi connectivity index (χ2v) is 5.01. The van der Waals surface area contributed by atoms with E-state index in [4.69, 9.17) is 20.4 Å². The zero-order valence-electron chi connectivity index (χ0n) is 12.2. The van der Waals surface area contributed by atoms with Crippen molar-refractivity contribution in [1.29, 1.82) is 0 Å². The van der Waals surface area contributed by atoms with Gasteiger partial charge in [-0.1, -0.05) is 0 Å². The predicted molar refractivity (Wildman–Crippen MR) is 82.8 cm³/mol. The first-order valence-electron chi connectivity index (χ1n) is 6.78. The minimum atomic E-state index is -2.89. The third-order valence-electron chi connectivity index (χ3n) is 3.27. The van der Waals surface area contributed by atoms with Gasteiger partial charge in [0.2, 0.25) is 0 Å². The van der Waals surface area contributed by atoms with E-state index in [1.54, 1.807) is 7.11 Å². The van der Waals surface area contributed by atoms with Crippen LogP contribution in [0.5, 0.6) is 5.75 Å². The Morgan fingerprint density at radius 1 is 1.36 bits per heavy atom. The van der Waals surface area contributed by atoms with Crippen LogP contribution in [0, 0.1) is 0 Å². The lowest BCUT2D eigenvalue weighted by molar-refractivity contribution is -0.132. The summed E-state index contributed by atoms with van der Waals surface area (Å²) in [6.45, 7) is -2.95. The van der Waals surface area contributed by atoms with Gasteiger partial charge in [0.1, 0.15) is 5.75 Å². The van der Waals surface area contributed by atoms with Crippen LogP contribution in [0.4, 0.5) is 8.78 Å². The molecule has 1 aromatic heterocycles. The highest BCUT2D eigenvalue weighted by atomic mass is 19.3. The summed E-state index contributed by atoms with van der Waals surface area (Å²) in [4.78, 5) is 3.16. The van der Waals surface area contributed by atoms with Crippen LogP contribution in [0.15, 0.2) is 24.4 Å². The minimum absolute atomic E-state index is 0.420. The molecule has 2 aromatic rings. The molecule has 1 heterocycles. The number of nitrogens with one attached hydrogen (secondary N) is 2. The lowest BCUT2D eigenvalue weighted by Crippen LogP contribution is -2.51. The zero-order valence-corrected chi connectivity index (χ0v) is 12.2. The molecule has 2 rings (SSSR count). The summed E-state index contributed by atoms with van der Waals surface area (Å²) in [5, 5.41) is 2.33. The van der Waals surface area contributed by atoms with Crippen LogP contribution in [0.25, 0.3) is 10.9 Å². The number of hydrogen-bond donors (Lipinski definition) is 2. The molecule has 2 N–H and O–H groups in total. The Balaban J connectivity index is 1.94. The molecule has 8 heteroatoms. The van der Waals surface area contributed by atoms with Gasteiger partial charge >= 0.3 is 6.61 Å². The summed E-state index contributed by atoms with van der Waals surface area (Å²) in [6, 6.07) is 5.73. The van der Waals surface area contributed by atoms with Crippen molar-refractivity contribution < 1.29 is 18.3 Å². The molecule has 0 saturated heterocycles. The number of halogens is 2. The monoisotopic (exact) mass is 304 g/mol. The molecule has 0 amide bonds. The Morgan fingerprint density at radius 3 is 2.82 bits per heavy atom. The van der Waals surface area contributed by atoms with Crippen LogP contribution >= 0.6 is 0 Å². The number of methoxy groups -OCH3 is 1. The fourth-order valence-electron chi connectivity index (χ4n) is 2.17. The van der Waals surface area contributed by atoms with Crippen LogP contribution in [0.1, 0.15) is 5.56 Å². The highest BCUT2D eigenvalue weighted by Gasteiger charge is 2.18. The van der Waals surface area contributed by atoms with Crippen molar-refractivity contribution in [3.05, 3.63) is 30.0 Å². The maximum atomic E-state index is 12.0. The second-order valence-electron chi connectivity index (χ2n) is 5.01. The molecule has 0 saturated carbocycles. The minimum Gasteiger partial charge on any atom is -0.497 e. The van der Waals surface area contributed by atoms with Crippen molar-refractivity contribution in [3.8, 4) is 5.75 Å². The van der Waals surface area contributed by atoms with Crippen molar-refractivity contribution in [3.63, 3.8) is 0 Å². The lowest BCUT2D eigenvalue weighted by atomic mass is 9.62. The van der Waals surface area contributed by atoms with Crippen molar-refractivity contribution in [2.45, 2.75) is 18.4 Å². The summed E-state index contributed by atoms with van der Waals surface area (Å²) >= 11 is 0. The van der Waals surface area contributed by atoms with Gasteiger partial charge in [0.05, 0.1) is 29.4 Å².